The van der Waals surface area contributed by atoms with Crippen LogP contribution in [0.2, 0.25) is 0 Å². The number of carbonyl (C=O) groups excluding carboxylic acids is 4. The van der Waals surface area contributed by atoms with Gasteiger partial charge in [0.25, 0.3) is 0 Å². The quantitative estimate of drug-likeness (QED) is 0.190. The minimum Gasteiger partial charge on any atom is -0.481 e. The highest BCUT2D eigenvalue weighted by molar-refractivity contribution is 6.02. The fraction of sp³-hybridized carbons (Fsp3) is 0.848. The lowest BCUT2D eigenvalue weighted by molar-refractivity contribution is -0.232. The summed E-state index contributed by atoms with van der Waals surface area (Å²) in [5.41, 5.74) is -0.845. The van der Waals surface area contributed by atoms with Gasteiger partial charge in [-0.3, -0.25) is 14.4 Å². The Morgan fingerprint density at radius 1 is 0.825 bits per heavy atom. The number of carboxylic acid groups (broad SMARTS) is 1. The third-order valence-electron chi connectivity index (χ3n) is 16.5. The van der Waals surface area contributed by atoms with Crippen molar-refractivity contribution in [1.29, 1.82) is 0 Å². The summed E-state index contributed by atoms with van der Waals surface area (Å²) in [7, 11) is 0. The van der Waals surface area contributed by atoms with Gasteiger partial charge in [-0.25, -0.2) is 9.59 Å². The lowest BCUT2D eigenvalue weighted by Gasteiger charge is -2.72. The van der Waals surface area contributed by atoms with E-state index in [1.165, 1.54) is 0 Å². The van der Waals surface area contributed by atoms with Crippen molar-refractivity contribution >= 4 is 29.9 Å². The van der Waals surface area contributed by atoms with Crippen molar-refractivity contribution in [2.75, 3.05) is 13.1 Å². The van der Waals surface area contributed by atoms with Crippen molar-refractivity contribution in [3.63, 3.8) is 0 Å². The van der Waals surface area contributed by atoms with Crippen LogP contribution in [0.15, 0.2) is 11.1 Å². The van der Waals surface area contributed by atoms with Crippen LogP contribution >= 0.6 is 0 Å². The number of carbonyl (C=O) groups is 5. The van der Waals surface area contributed by atoms with E-state index in [2.05, 4.69) is 53.8 Å². The third-order valence-corrected chi connectivity index (χ3v) is 16.5. The van der Waals surface area contributed by atoms with Crippen LogP contribution in [0.4, 0.5) is 9.59 Å². The number of nitrogens with zero attached hydrogens (tertiary/aromatic N) is 1. The van der Waals surface area contributed by atoms with Crippen molar-refractivity contribution in [3.05, 3.63) is 11.1 Å². The van der Waals surface area contributed by atoms with Gasteiger partial charge in [-0.2, -0.15) is 0 Å². The number of Topliss-reactive ketones (excluding diaryl/α,β-unsaturated/α-hetero) is 1. The molecule has 0 aromatic rings. The molecule has 0 aromatic heterocycles. The topological polar surface area (TPSA) is 149 Å². The molecule has 11 nitrogen and oxygen atoms in total. The Morgan fingerprint density at radius 2 is 1.47 bits per heavy atom. The number of rotatable bonds is 7. The highest BCUT2D eigenvalue weighted by Gasteiger charge is 2.70. The maximum atomic E-state index is 14.1. The Kier molecular flexibility index (Phi) is 11.1. The average molecular weight is 797 g/mol. The number of amides is 2. The summed E-state index contributed by atoms with van der Waals surface area (Å²) >= 11 is 0. The standard InChI is InChI=1S/C46H72N2O9/c1-27(2)35-30(49)25-46(47-38(53)55-28-17-23-48(24-18-28)39(54)57-40(3,4)5)22-21-44(11)29(36(35)46)13-14-32-43(10)19-16-33(56-34(50)26-41(6,7)37(51)52)42(8,9)31(43)15-20-45(32,44)12/h27-29,31-33H,13-26H2,1-12H3,(H,47,53)(H,51,52)/t29?,31?,32?,33-,43-,44+,45?,46?/m0/s1. The van der Waals surface area contributed by atoms with Gasteiger partial charge in [-0.15, -0.1) is 0 Å². The van der Waals surface area contributed by atoms with E-state index in [9.17, 15) is 29.1 Å². The number of hydrogen-bond donors (Lipinski definition) is 2. The van der Waals surface area contributed by atoms with Crippen LogP contribution in [-0.4, -0.2) is 76.4 Å². The molecule has 2 amide bonds. The van der Waals surface area contributed by atoms with E-state index in [0.717, 1.165) is 56.1 Å². The minimum absolute atomic E-state index is 0.0121. The van der Waals surface area contributed by atoms with Crippen molar-refractivity contribution in [2.45, 2.75) is 183 Å². The number of nitrogens with one attached hydrogen (secondary N) is 1. The molecule has 0 radical (unpaired) electrons. The number of ketones is 1. The molecule has 5 unspecified atom stereocenters. The van der Waals surface area contributed by atoms with E-state index >= 15 is 0 Å². The van der Waals surface area contributed by atoms with Crippen molar-refractivity contribution in [3.8, 4) is 0 Å². The second-order valence-corrected chi connectivity index (χ2v) is 22.2. The van der Waals surface area contributed by atoms with E-state index in [1.54, 1.807) is 18.7 Å². The normalized spacial score (nSPS) is 36.7. The number of alkyl carbamates (subject to hydrolysis) is 1. The van der Waals surface area contributed by atoms with Gasteiger partial charge < -0.3 is 29.5 Å². The SMILES string of the molecule is CC(C)C1=C2C3CCC4C(C)(CCC5C(C)(C)[C@@H](OC(=O)CC(C)(C)C(=O)O)CC[C@@]54C)[C@]3(C)CCC2(NC(=O)OC2CCN(C(=O)OC(C)(C)C)CC2)CC1=O. The zero-order valence-corrected chi connectivity index (χ0v) is 37.0. The Balaban J connectivity index is 1.20. The summed E-state index contributed by atoms with van der Waals surface area (Å²) in [4.78, 5) is 67.1. The third kappa shape index (κ3) is 7.42. The maximum absolute atomic E-state index is 14.1. The van der Waals surface area contributed by atoms with Gasteiger partial charge in [-0.05, 0) is 137 Å². The molecule has 1 aliphatic heterocycles. The summed E-state index contributed by atoms with van der Waals surface area (Å²) in [6.45, 7) is 25.8. The number of aliphatic carboxylic acids is 1. The number of likely N-dealkylation sites (tertiary alicyclic amines) is 1. The van der Waals surface area contributed by atoms with Gasteiger partial charge in [0.05, 0.1) is 17.4 Å². The van der Waals surface area contributed by atoms with Crippen LogP contribution in [-0.2, 0) is 28.6 Å². The lowest BCUT2D eigenvalue weighted by Crippen LogP contribution is -2.67. The Labute approximate surface area is 341 Å². The molecule has 0 spiro atoms. The number of ether oxygens (including phenoxy) is 3. The number of carboxylic acids is 1. The van der Waals surface area contributed by atoms with Gasteiger partial charge in [-0.1, -0.05) is 48.5 Å². The van der Waals surface area contributed by atoms with Crippen LogP contribution in [0, 0.1) is 50.7 Å². The van der Waals surface area contributed by atoms with Crippen LogP contribution in [0.3, 0.4) is 0 Å². The molecule has 4 saturated carbocycles. The summed E-state index contributed by atoms with van der Waals surface area (Å²) in [5, 5.41) is 13.0. The van der Waals surface area contributed by atoms with Gasteiger partial charge in [0, 0.05) is 37.8 Å². The largest absolute Gasteiger partial charge is 0.481 e. The fourth-order valence-corrected chi connectivity index (χ4v) is 13.4. The molecule has 1 heterocycles. The number of allylic oxidation sites excluding steroid dienone is 1. The summed E-state index contributed by atoms with van der Waals surface area (Å²) < 4.78 is 17.8. The van der Waals surface area contributed by atoms with Gasteiger partial charge in [0.2, 0.25) is 0 Å². The molecule has 5 aliphatic carbocycles. The second-order valence-electron chi connectivity index (χ2n) is 22.2. The monoisotopic (exact) mass is 797 g/mol. The molecule has 11 heteroatoms. The molecule has 0 bridgehead atoms. The predicted octanol–water partition coefficient (Wildman–Crippen LogP) is 9.26. The summed E-state index contributed by atoms with van der Waals surface area (Å²) in [6.07, 6.45) is 7.01. The lowest BCUT2D eigenvalue weighted by atomic mass is 9.33. The highest BCUT2D eigenvalue weighted by atomic mass is 16.6. The zero-order chi connectivity index (χ0) is 42.3. The second kappa shape index (κ2) is 14.6. The van der Waals surface area contributed by atoms with Crippen molar-refractivity contribution in [1.82, 2.24) is 10.2 Å². The minimum atomic E-state index is -1.18. The molecule has 5 fully saturated rings. The molecule has 6 aliphatic rings. The van der Waals surface area contributed by atoms with Gasteiger partial charge >= 0.3 is 24.1 Å². The Bertz CT molecular complexity index is 1680. The first kappa shape index (κ1) is 43.5. The van der Waals surface area contributed by atoms with Gasteiger partial charge in [0.1, 0.15) is 17.8 Å². The smallest absolute Gasteiger partial charge is 0.410 e. The molecule has 0 aromatic carbocycles. The highest BCUT2D eigenvalue weighted by Crippen LogP contribution is 2.76. The molecular formula is C46H72N2O9. The predicted molar refractivity (Wildman–Crippen MR) is 216 cm³/mol. The number of hydrogen-bond acceptors (Lipinski definition) is 8. The Hall–Kier alpha value is -3.11. The molecule has 8 atom stereocenters. The van der Waals surface area contributed by atoms with Gasteiger partial charge in [0.15, 0.2) is 5.78 Å². The van der Waals surface area contributed by atoms with E-state index in [-0.39, 0.29) is 70.4 Å². The summed E-state index contributed by atoms with van der Waals surface area (Å²) in [6, 6.07) is 0. The molecule has 1 saturated heterocycles. The average Bonchev–Trinajstić information content (AvgIpc) is 3.37. The van der Waals surface area contributed by atoms with Crippen LogP contribution in [0.1, 0.15) is 160 Å². The number of fused-ring (bicyclic) bond motifs is 7. The molecule has 2 N–H and O–H groups in total. The van der Waals surface area contributed by atoms with Crippen molar-refractivity contribution in [2.24, 2.45) is 50.7 Å². The van der Waals surface area contributed by atoms with Crippen LogP contribution in [0.25, 0.3) is 0 Å². The molecule has 57 heavy (non-hydrogen) atoms. The Morgan fingerprint density at radius 3 is 2.07 bits per heavy atom. The molecule has 6 rings (SSSR count). The maximum Gasteiger partial charge on any atom is 0.410 e. The molecular weight excluding hydrogens is 725 g/mol. The first-order valence-electron chi connectivity index (χ1n) is 21.9. The zero-order valence-electron chi connectivity index (χ0n) is 37.0. The summed E-state index contributed by atoms with van der Waals surface area (Å²) in [5.74, 6) is -0.361. The van der Waals surface area contributed by atoms with Crippen molar-refractivity contribution < 1.29 is 43.3 Å². The van der Waals surface area contributed by atoms with Crippen LogP contribution < -0.4 is 5.32 Å². The fourth-order valence-electron chi connectivity index (χ4n) is 13.4. The number of piperidine rings is 1. The first-order valence-corrected chi connectivity index (χ1v) is 21.9. The van der Waals surface area contributed by atoms with E-state index in [1.807, 2.05) is 20.8 Å². The van der Waals surface area contributed by atoms with E-state index < -0.39 is 34.6 Å². The number of esters is 1. The van der Waals surface area contributed by atoms with E-state index in [4.69, 9.17) is 14.2 Å². The first-order chi connectivity index (χ1) is 26.2. The molecule has 320 valence electrons. The van der Waals surface area contributed by atoms with E-state index in [0.29, 0.717) is 44.2 Å². The van der Waals surface area contributed by atoms with Crippen LogP contribution in [0.5, 0.6) is 0 Å².